The third kappa shape index (κ3) is 4.60. The monoisotopic (exact) mass is 501 g/mol. The van der Waals surface area contributed by atoms with E-state index in [1.807, 2.05) is 11.0 Å². The van der Waals surface area contributed by atoms with Gasteiger partial charge in [0.15, 0.2) is 11.6 Å². The SMILES string of the molecule is CC(=O)c1ccc(C(=O)N2CCC3(CC2)CCN(C(=O)c2ncccc2C(=O)c2ccccc2)C3)s1. The number of pyridine rings is 1. The van der Waals surface area contributed by atoms with Crippen molar-refractivity contribution in [2.24, 2.45) is 5.41 Å². The molecule has 2 aliphatic rings. The van der Waals surface area contributed by atoms with Gasteiger partial charge in [-0.05, 0) is 55.9 Å². The maximum absolute atomic E-state index is 13.5. The molecule has 0 unspecified atom stereocenters. The number of nitrogens with zero attached hydrogens (tertiary/aromatic N) is 3. The van der Waals surface area contributed by atoms with Crippen molar-refractivity contribution in [2.75, 3.05) is 26.2 Å². The maximum atomic E-state index is 13.5. The normalized spacial score (nSPS) is 16.8. The standard InChI is InChI=1S/C28H27N3O4S/c1-19(32)22-9-10-23(36-22)26(34)30-15-11-28(12-16-30)13-17-31(18-28)27(35)24-21(8-5-14-29-24)25(33)20-6-3-2-4-7-20/h2-10,14H,11-13,15-18H2,1H3. The number of thiophene rings is 1. The number of amides is 2. The molecule has 0 radical (unpaired) electrons. The molecule has 2 saturated heterocycles. The number of hydrogen-bond acceptors (Lipinski definition) is 6. The number of ketones is 2. The molecule has 0 N–H and O–H groups in total. The van der Waals surface area contributed by atoms with Crippen LogP contribution in [0.15, 0.2) is 60.8 Å². The van der Waals surface area contributed by atoms with Gasteiger partial charge in [-0.25, -0.2) is 0 Å². The Morgan fingerprint density at radius 3 is 2.14 bits per heavy atom. The number of piperidine rings is 1. The molecular formula is C28H27N3O4S. The van der Waals surface area contributed by atoms with Crippen molar-refractivity contribution >= 4 is 34.7 Å². The van der Waals surface area contributed by atoms with Crippen LogP contribution < -0.4 is 0 Å². The van der Waals surface area contributed by atoms with E-state index in [4.69, 9.17) is 0 Å². The van der Waals surface area contributed by atoms with Gasteiger partial charge < -0.3 is 9.80 Å². The number of benzene rings is 1. The molecule has 4 heterocycles. The van der Waals surface area contributed by atoms with Gasteiger partial charge in [-0.2, -0.15) is 0 Å². The molecule has 0 aliphatic carbocycles. The lowest BCUT2D eigenvalue weighted by Crippen LogP contribution is -2.44. The Labute approximate surface area is 213 Å². The fourth-order valence-corrected chi connectivity index (χ4v) is 6.02. The van der Waals surface area contributed by atoms with Gasteiger partial charge in [-0.3, -0.25) is 24.2 Å². The van der Waals surface area contributed by atoms with E-state index in [-0.39, 0.29) is 34.5 Å². The largest absolute Gasteiger partial charge is 0.338 e. The number of Topliss-reactive ketones (excluding diaryl/α,β-unsaturated/α-hetero) is 1. The van der Waals surface area contributed by atoms with Crippen LogP contribution in [-0.2, 0) is 0 Å². The van der Waals surface area contributed by atoms with Gasteiger partial charge in [0.1, 0.15) is 5.69 Å². The highest BCUT2D eigenvalue weighted by molar-refractivity contribution is 7.15. The van der Waals surface area contributed by atoms with Crippen molar-refractivity contribution in [3.8, 4) is 0 Å². The molecule has 5 rings (SSSR count). The van der Waals surface area contributed by atoms with Gasteiger partial charge in [0.2, 0.25) is 0 Å². The number of rotatable bonds is 5. The van der Waals surface area contributed by atoms with Gasteiger partial charge in [-0.15, -0.1) is 11.3 Å². The first-order valence-corrected chi connectivity index (χ1v) is 12.9. The van der Waals surface area contributed by atoms with Crippen molar-refractivity contribution in [3.05, 3.63) is 87.4 Å². The van der Waals surface area contributed by atoms with Crippen LogP contribution in [0.4, 0.5) is 0 Å². The summed E-state index contributed by atoms with van der Waals surface area (Å²) in [6, 6.07) is 15.7. The van der Waals surface area contributed by atoms with Gasteiger partial charge >= 0.3 is 0 Å². The Bertz CT molecular complexity index is 1330. The molecule has 3 aromatic rings. The molecule has 2 amide bonds. The number of carbonyl (C=O) groups is 4. The van der Waals surface area contributed by atoms with Gasteiger partial charge in [0.05, 0.1) is 15.3 Å². The van der Waals surface area contributed by atoms with E-state index in [0.717, 1.165) is 19.3 Å². The highest BCUT2D eigenvalue weighted by Crippen LogP contribution is 2.41. The minimum absolute atomic E-state index is 0.0334. The zero-order valence-electron chi connectivity index (χ0n) is 20.1. The molecule has 0 saturated carbocycles. The minimum atomic E-state index is -0.222. The predicted octanol–water partition coefficient (Wildman–Crippen LogP) is 4.35. The summed E-state index contributed by atoms with van der Waals surface area (Å²) in [5, 5.41) is 0. The maximum Gasteiger partial charge on any atom is 0.273 e. The summed E-state index contributed by atoms with van der Waals surface area (Å²) in [6.07, 6.45) is 4.03. The molecule has 184 valence electrons. The molecular weight excluding hydrogens is 474 g/mol. The number of hydrogen-bond donors (Lipinski definition) is 0. The fourth-order valence-electron chi connectivity index (χ4n) is 5.15. The predicted molar refractivity (Wildman–Crippen MR) is 137 cm³/mol. The molecule has 1 aromatic carbocycles. The zero-order valence-corrected chi connectivity index (χ0v) is 20.9. The summed E-state index contributed by atoms with van der Waals surface area (Å²) in [5.41, 5.74) is 0.992. The Morgan fingerprint density at radius 1 is 0.806 bits per heavy atom. The lowest BCUT2D eigenvalue weighted by Gasteiger charge is -2.39. The van der Waals surface area contributed by atoms with Crippen LogP contribution in [0.2, 0.25) is 0 Å². The Hall–Kier alpha value is -3.65. The van der Waals surface area contributed by atoms with Crippen molar-refractivity contribution in [3.63, 3.8) is 0 Å². The lowest BCUT2D eigenvalue weighted by molar-refractivity contribution is 0.0568. The Kier molecular flexibility index (Phi) is 6.53. The molecule has 0 bridgehead atoms. The molecule has 2 aromatic heterocycles. The van der Waals surface area contributed by atoms with E-state index in [1.165, 1.54) is 18.3 Å². The second kappa shape index (κ2) is 9.78. The summed E-state index contributed by atoms with van der Waals surface area (Å²) in [4.78, 5) is 60.2. The third-order valence-corrected chi connectivity index (χ3v) is 8.47. The van der Waals surface area contributed by atoms with E-state index >= 15 is 0 Å². The quantitative estimate of drug-likeness (QED) is 0.485. The van der Waals surface area contributed by atoms with Gasteiger partial charge in [-0.1, -0.05) is 30.3 Å². The van der Waals surface area contributed by atoms with Crippen molar-refractivity contribution < 1.29 is 19.2 Å². The van der Waals surface area contributed by atoms with Crippen molar-refractivity contribution in [1.29, 1.82) is 0 Å². The second-order valence-electron chi connectivity index (χ2n) is 9.58. The summed E-state index contributed by atoms with van der Waals surface area (Å²) in [7, 11) is 0. The van der Waals surface area contributed by atoms with Crippen LogP contribution in [0, 0.1) is 5.41 Å². The van der Waals surface area contributed by atoms with Crippen LogP contribution in [-0.4, -0.2) is 64.3 Å². The molecule has 2 aliphatic heterocycles. The Morgan fingerprint density at radius 2 is 1.47 bits per heavy atom. The Balaban J connectivity index is 1.25. The van der Waals surface area contributed by atoms with Crippen LogP contribution in [0.25, 0.3) is 0 Å². The summed E-state index contributed by atoms with van der Waals surface area (Å²) < 4.78 is 0. The first-order valence-electron chi connectivity index (χ1n) is 12.1. The average Bonchev–Trinajstić information content (AvgIpc) is 3.57. The van der Waals surface area contributed by atoms with E-state index in [1.54, 1.807) is 59.6 Å². The first kappa shape index (κ1) is 24.1. The number of carbonyl (C=O) groups excluding carboxylic acids is 4. The fraction of sp³-hybridized carbons (Fsp3) is 0.321. The number of likely N-dealkylation sites (tertiary alicyclic amines) is 2. The lowest BCUT2D eigenvalue weighted by atomic mass is 9.77. The van der Waals surface area contributed by atoms with Crippen LogP contribution in [0.3, 0.4) is 0 Å². The topological polar surface area (TPSA) is 87.7 Å². The first-order chi connectivity index (χ1) is 17.4. The smallest absolute Gasteiger partial charge is 0.273 e. The highest BCUT2D eigenvalue weighted by atomic mass is 32.1. The van der Waals surface area contributed by atoms with Crippen LogP contribution in [0.5, 0.6) is 0 Å². The van der Waals surface area contributed by atoms with Crippen LogP contribution in [0.1, 0.15) is 71.9 Å². The average molecular weight is 502 g/mol. The highest BCUT2D eigenvalue weighted by Gasteiger charge is 2.43. The minimum Gasteiger partial charge on any atom is -0.338 e. The van der Waals surface area contributed by atoms with E-state index < -0.39 is 0 Å². The number of aromatic nitrogens is 1. The molecule has 8 heteroatoms. The van der Waals surface area contributed by atoms with E-state index in [0.29, 0.717) is 47.1 Å². The van der Waals surface area contributed by atoms with E-state index in [9.17, 15) is 19.2 Å². The molecule has 2 fully saturated rings. The van der Waals surface area contributed by atoms with Crippen LogP contribution >= 0.6 is 11.3 Å². The van der Waals surface area contributed by atoms with Gasteiger partial charge in [0.25, 0.3) is 11.8 Å². The molecule has 7 nitrogen and oxygen atoms in total. The van der Waals surface area contributed by atoms with Crippen molar-refractivity contribution in [2.45, 2.75) is 26.2 Å². The third-order valence-electron chi connectivity index (χ3n) is 7.29. The van der Waals surface area contributed by atoms with E-state index in [2.05, 4.69) is 4.98 Å². The molecule has 1 spiro atoms. The van der Waals surface area contributed by atoms with Gasteiger partial charge in [0, 0.05) is 37.9 Å². The summed E-state index contributed by atoms with van der Waals surface area (Å²) in [6.45, 7) is 3.94. The van der Waals surface area contributed by atoms with Crippen molar-refractivity contribution in [1.82, 2.24) is 14.8 Å². The summed E-state index contributed by atoms with van der Waals surface area (Å²) >= 11 is 1.24. The second-order valence-corrected chi connectivity index (χ2v) is 10.7. The zero-order chi connectivity index (χ0) is 25.3. The molecule has 0 atom stereocenters. The summed E-state index contributed by atoms with van der Waals surface area (Å²) in [5.74, 6) is -0.505. The molecule has 36 heavy (non-hydrogen) atoms.